The maximum atomic E-state index is 14.0. The highest BCUT2D eigenvalue weighted by atomic mass is 16.5. The van der Waals surface area contributed by atoms with Gasteiger partial charge in [0, 0.05) is 49.5 Å². The van der Waals surface area contributed by atoms with Gasteiger partial charge in [-0.25, -0.2) is 9.78 Å². The average molecular weight is 529 g/mol. The van der Waals surface area contributed by atoms with Gasteiger partial charge < -0.3 is 20.1 Å². The zero-order chi connectivity index (χ0) is 26.8. The fourth-order valence-corrected chi connectivity index (χ4v) is 5.60. The van der Waals surface area contributed by atoms with Crippen LogP contribution in [0.2, 0.25) is 0 Å². The van der Waals surface area contributed by atoms with Gasteiger partial charge in [0.25, 0.3) is 5.56 Å². The molecule has 0 bridgehead atoms. The van der Waals surface area contributed by atoms with Gasteiger partial charge in [0.05, 0.1) is 11.5 Å². The molecule has 10 nitrogen and oxygen atoms in total. The Labute approximate surface area is 225 Å². The molecule has 0 unspecified atom stereocenters. The van der Waals surface area contributed by atoms with Crippen LogP contribution in [-0.4, -0.2) is 58.0 Å². The highest BCUT2D eigenvalue weighted by molar-refractivity contribution is 6.05. The highest BCUT2D eigenvalue weighted by Crippen LogP contribution is 2.33. The van der Waals surface area contributed by atoms with E-state index in [0.29, 0.717) is 36.7 Å². The van der Waals surface area contributed by atoms with Gasteiger partial charge in [-0.2, -0.15) is 4.98 Å². The lowest BCUT2D eigenvalue weighted by atomic mass is 9.92. The number of amides is 1. The normalized spacial score (nSPS) is 19.8. The number of aliphatic hydroxyl groups is 1. The van der Waals surface area contributed by atoms with E-state index in [0.717, 1.165) is 48.2 Å². The highest BCUT2D eigenvalue weighted by Gasteiger charge is 2.26. The molecule has 1 amide bonds. The number of carbonyl (C=O) groups excluding carboxylic acids is 1. The van der Waals surface area contributed by atoms with Gasteiger partial charge in [-0.3, -0.25) is 14.7 Å². The van der Waals surface area contributed by atoms with Crippen molar-refractivity contribution in [1.82, 2.24) is 19.9 Å². The van der Waals surface area contributed by atoms with E-state index < -0.39 is 6.09 Å². The van der Waals surface area contributed by atoms with Crippen molar-refractivity contribution in [1.29, 1.82) is 0 Å². The van der Waals surface area contributed by atoms with Gasteiger partial charge in [-0.1, -0.05) is 36.4 Å². The summed E-state index contributed by atoms with van der Waals surface area (Å²) in [4.78, 5) is 37.9. The molecule has 4 aromatic rings. The van der Waals surface area contributed by atoms with Gasteiger partial charge >= 0.3 is 6.09 Å². The smallest absolute Gasteiger partial charge is 0.414 e. The average Bonchev–Trinajstić information content (AvgIpc) is 2.98. The third-order valence-electron chi connectivity index (χ3n) is 7.68. The number of hydrogen-bond donors (Lipinski definition) is 3. The largest absolute Gasteiger partial charge is 0.444 e. The van der Waals surface area contributed by atoms with E-state index in [1.165, 1.54) is 0 Å². The standard InChI is InChI=1S/C29H32N6O4/c36-22-9-6-20(7-10-22)35-26-25(17-31-28(32-26)33-29(38)39-18-19-4-2-1-3-5-19)23-11-8-21(16-24(23)27(35)37)34-14-12-30-13-15-34/h1-5,8,11,16-17,20,22,30,36H,6-7,9-10,12-15,18H2,(H,31,32,33,38). The van der Waals surface area contributed by atoms with Crippen LogP contribution in [0.3, 0.4) is 0 Å². The summed E-state index contributed by atoms with van der Waals surface area (Å²) in [6.07, 6.45) is 3.23. The van der Waals surface area contributed by atoms with Crippen molar-refractivity contribution < 1.29 is 14.6 Å². The monoisotopic (exact) mass is 528 g/mol. The predicted octanol–water partition coefficient (Wildman–Crippen LogP) is 3.58. The lowest BCUT2D eigenvalue weighted by Gasteiger charge is -2.30. The van der Waals surface area contributed by atoms with Crippen LogP contribution in [-0.2, 0) is 11.3 Å². The van der Waals surface area contributed by atoms with E-state index in [4.69, 9.17) is 4.74 Å². The topological polar surface area (TPSA) is 122 Å². The molecule has 1 aliphatic heterocycles. The van der Waals surface area contributed by atoms with Crippen molar-refractivity contribution in [2.75, 3.05) is 36.4 Å². The van der Waals surface area contributed by atoms with Crippen LogP contribution in [0.5, 0.6) is 0 Å². The molecular weight excluding hydrogens is 496 g/mol. The number of fused-ring (bicyclic) bond motifs is 3. The third-order valence-corrected chi connectivity index (χ3v) is 7.68. The first-order valence-electron chi connectivity index (χ1n) is 13.5. The van der Waals surface area contributed by atoms with Crippen molar-refractivity contribution in [3.05, 3.63) is 70.6 Å². The molecule has 0 atom stereocenters. The number of hydrogen-bond acceptors (Lipinski definition) is 8. The summed E-state index contributed by atoms with van der Waals surface area (Å²) in [6, 6.07) is 15.3. The lowest BCUT2D eigenvalue weighted by molar-refractivity contribution is 0.111. The van der Waals surface area contributed by atoms with E-state index >= 15 is 0 Å². The Hall–Kier alpha value is -4.02. The second kappa shape index (κ2) is 11.0. The Kier molecular flexibility index (Phi) is 7.12. The van der Waals surface area contributed by atoms with Gasteiger partial charge in [-0.15, -0.1) is 0 Å². The van der Waals surface area contributed by atoms with E-state index in [9.17, 15) is 14.7 Å². The van der Waals surface area contributed by atoms with E-state index in [1.807, 2.05) is 48.5 Å². The summed E-state index contributed by atoms with van der Waals surface area (Å²) in [5, 5.41) is 18.2. The number of aromatic nitrogens is 3. The maximum absolute atomic E-state index is 14.0. The van der Waals surface area contributed by atoms with Crippen LogP contribution >= 0.6 is 0 Å². The number of anilines is 2. The SMILES string of the molecule is O=C(Nc1ncc2c3ccc(N4CCNCC4)cc3c(=O)n(C3CCC(O)CC3)c2n1)OCc1ccccc1. The Morgan fingerprint density at radius 1 is 1.03 bits per heavy atom. The molecule has 2 aromatic heterocycles. The Balaban J connectivity index is 1.38. The van der Waals surface area contributed by atoms with Gasteiger partial charge in [0.1, 0.15) is 12.3 Å². The minimum atomic E-state index is -0.672. The van der Waals surface area contributed by atoms with Crippen LogP contribution in [0.1, 0.15) is 37.3 Å². The Morgan fingerprint density at radius 2 is 1.79 bits per heavy atom. The second-order valence-corrected chi connectivity index (χ2v) is 10.2. The Morgan fingerprint density at radius 3 is 2.56 bits per heavy atom. The molecule has 1 saturated heterocycles. The summed E-state index contributed by atoms with van der Waals surface area (Å²) >= 11 is 0. The molecule has 2 aromatic carbocycles. The number of nitrogens with one attached hydrogen (secondary N) is 2. The van der Waals surface area contributed by atoms with Gasteiger partial charge in [0.15, 0.2) is 0 Å². The second-order valence-electron chi connectivity index (χ2n) is 10.2. The zero-order valence-corrected chi connectivity index (χ0v) is 21.7. The number of ether oxygens (including phenoxy) is 1. The van der Waals surface area contributed by atoms with Crippen molar-refractivity contribution >= 4 is 39.5 Å². The fourth-order valence-electron chi connectivity index (χ4n) is 5.60. The summed E-state index contributed by atoms with van der Waals surface area (Å²) in [7, 11) is 0. The molecule has 0 radical (unpaired) electrons. The van der Waals surface area contributed by atoms with Crippen molar-refractivity contribution in [2.24, 2.45) is 0 Å². The van der Waals surface area contributed by atoms with Crippen LogP contribution < -0.4 is 21.1 Å². The first-order valence-corrected chi connectivity index (χ1v) is 13.5. The minimum Gasteiger partial charge on any atom is -0.444 e. The lowest BCUT2D eigenvalue weighted by Crippen LogP contribution is -2.43. The van der Waals surface area contributed by atoms with E-state index in [1.54, 1.807) is 10.8 Å². The van der Waals surface area contributed by atoms with Crippen LogP contribution in [0.25, 0.3) is 21.8 Å². The number of carbonyl (C=O) groups is 1. The van der Waals surface area contributed by atoms with Crippen molar-refractivity contribution in [3.8, 4) is 0 Å². The Bertz CT molecular complexity index is 1540. The molecule has 2 aliphatic rings. The van der Waals surface area contributed by atoms with Gasteiger partial charge in [0.2, 0.25) is 5.95 Å². The number of rotatable bonds is 5. The molecule has 39 heavy (non-hydrogen) atoms. The number of aliphatic hydroxyl groups excluding tert-OH is 1. The number of piperazine rings is 1. The molecule has 2 fully saturated rings. The fraction of sp³-hybridized carbons (Fsp3) is 0.379. The summed E-state index contributed by atoms with van der Waals surface area (Å²) in [6.45, 7) is 3.69. The van der Waals surface area contributed by atoms with E-state index in [2.05, 4.69) is 25.5 Å². The summed E-state index contributed by atoms with van der Waals surface area (Å²) in [5.41, 5.74) is 2.24. The number of benzene rings is 2. The van der Waals surface area contributed by atoms with Crippen LogP contribution in [0.4, 0.5) is 16.4 Å². The number of nitrogens with zero attached hydrogens (tertiary/aromatic N) is 4. The van der Waals surface area contributed by atoms with E-state index in [-0.39, 0.29) is 30.3 Å². The zero-order valence-electron chi connectivity index (χ0n) is 21.7. The van der Waals surface area contributed by atoms with Crippen LogP contribution in [0, 0.1) is 0 Å². The van der Waals surface area contributed by atoms with Crippen molar-refractivity contribution in [3.63, 3.8) is 0 Å². The molecule has 0 spiro atoms. The van der Waals surface area contributed by atoms with Crippen LogP contribution in [0.15, 0.2) is 59.5 Å². The number of pyridine rings is 1. The van der Waals surface area contributed by atoms with Crippen molar-refractivity contribution in [2.45, 2.75) is 44.4 Å². The predicted molar refractivity (Wildman–Crippen MR) is 150 cm³/mol. The summed E-state index contributed by atoms with van der Waals surface area (Å²) < 4.78 is 7.08. The quantitative estimate of drug-likeness (QED) is 0.336. The third kappa shape index (κ3) is 5.30. The first-order chi connectivity index (χ1) is 19.1. The first kappa shape index (κ1) is 25.3. The molecule has 1 aliphatic carbocycles. The van der Waals surface area contributed by atoms with Gasteiger partial charge in [-0.05, 0) is 48.8 Å². The molecule has 6 rings (SSSR count). The molecule has 3 N–H and O–H groups in total. The molecule has 10 heteroatoms. The molecule has 3 heterocycles. The minimum absolute atomic E-state index is 0.0707. The molecule has 1 saturated carbocycles. The maximum Gasteiger partial charge on any atom is 0.414 e. The molecular formula is C29H32N6O4. The summed E-state index contributed by atoms with van der Waals surface area (Å²) in [5.74, 6) is 0.0707. The molecule has 202 valence electrons.